The van der Waals surface area contributed by atoms with Crippen molar-refractivity contribution in [3.05, 3.63) is 87.5 Å². The van der Waals surface area contributed by atoms with E-state index in [9.17, 15) is 14.4 Å². The van der Waals surface area contributed by atoms with Gasteiger partial charge in [-0.2, -0.15) is 0 Å². The molecular formula is C23H22N4O4. The van der Waals surface area contributed by atoms with E-state index in [4.69, 9.17) is 4.42 Å². The van der Waals surface area contributed by atoms with E-state index < -0.39 is 0 Å². The van der Waals surface area contributed by atoms with Crippen molar-refractivity contribution in [1.82, 2.24) is 19.8 Å². The lowest BCUT2D eigenvalue weighted by Gasteiger charge is -2.30. The smallest absolute Gasteiger partial charge is 0.276 e. The fourth-order valence-corrected chi connectivity index (χ4v) is 3.98. The van der Waals surface area contributed by atoms with Crippen molar-refractivity contribution in [2.24, 2.45) is 0 Å². The van der Waals surface area contributed by atoms with Crippen LogP contribution in [0.15, 0.2) is 58.4 Å². The van der Waals surface area contributed by atoms with Gasteiger partial charge in [-0.1, -0.05) is 30.3 Å². The number of carbonyl (C=O) groups excluding carboxylic acids is 2. The average molecular weight is 418 g/mol. The van der Waals surface area contributed by atoms with E-state index in [1.54, 1.807) is 15.7 Å². The molecule has 0 unspecified atom stereocenters. The number of nitrogens with one attached hydrogen (secondary N) is 1. The van der Waals surface area contributed by atoms with Gasteiger partial charge < -0.3 is 19.2 Å². The molecule has 0 saturated heterocycles. The Hall–Kier alpha value is -3.68. The summed E-state index contributed by atoms with van der Waals surface area (Å²) in [7, 11) is 0. The van der Waals surface area contributed by atoms with Gasteiger partial charge in [0.1, 0.15) is 11.8 Å². The van der Waals surface area contributed by atoms with Crippen LogP contribution in [-0.4, -0.2) is 38.9 Å². The minimum Gasteiger partial charge on any atom is -0.451 e. The Bertz CT molecular complexity index is 1180. The highest BCUT2D eigenvalue weighted by atomic mass is 16.3. The third-order valence-electron chi connectivity index (χ3n) is 5.74. The predicted octanol–water partition coefficient (Wildman–Crippen LogP) is 1.98. The van der Waals surface area contributed by atoms with Gasteiger partial charge in [-0.25, -0.2) is 4.98 Å². The number of oxazole rings is 1. The number of amides is 2. The number of fused-ring (bicyclic) bond motifs is 1. The quantitative estimate of drug-likeness (QED) is 0.683. The largest absolute Gasteiger partial charge is 0.451 e. The summed E-state index contributed by atoms with van der Waals surface area (Å²) < 4.78 is 6.50. The van der Waals surface area contributed by atoms with Crippen molar-refractivity contribution in [2.75, 3.05) is 6.54 Å². The van der Waals surface area contributed by atoms with Crippen molar-refractivity contribution in [2.45, 2.75) is 38.4 Å². The first-order valence-electron chi connectivity index (χ1n) is 10.4. The molecule has 31 heavy (non-hydrogen) atoms. The van der Waals surface area contributed by atoms with Gasteiger partial charge >= 0.3 is 0 Å². The Balaban J connectivity index is 1.53. The summed E-state index contributed by atoms with van der Waals surface area (Å²) in [6.45, 7) is 1.07. The van der Waals surface area contributed by atoms with Crippen molar-refractivity contribution < 1.29 is 14.0 Å². The summed E-state index contributed by atoms with van der Waals surface area (Å²) in [6.07, 6.45) is 6.65. The summed E-state index contributed by atoms with van der Waals surface area (Å²) in [5.41, 5.74) is 2.65. The first kappa shape index (κ1) is 19.3. The minimum atomic E-state index is -0.317. The molecule has 3 heterocycles. The number of aromatic nitrogens is 2. The zero-order chi connectivity index (χ0) is 21.4. The number of pyridine rings is 1. The van der Waals surface area contributed by atoms with E-state index >= 15 is 0 Å². The van der Waals surface area contributed by atoms with Gasteiger partial charge in [-0.15, -0.1) is 0 Å². The van der Waals surface area contributed by atoms with Crippen LogP contribution in [0.5, 0.6) is 0 Å². The van der Waals surface area contributed by atoms with Crippen molar-refractivity contribution >= 4 is 11.8 Å². The van der Waals surface area contributed by atoms with Crippen LogP contribution in [0.25, 0.3) is 0 Å². The third kappa shape index (κ3) is 3.88. The number of hydrogen-bond acceptors (Lipinski definition) is 5. The molecule has 8 heteroatoms. The summed E-state index contributed by atoms with van der Waals surface area (Å²) in [5, 5.41) is 2.95. The second-order valence-corrected chi connectivity index (χ2v) is 8.02. The third-order valence-corrected chi connectivity index (χ3v) is 5.74. The van der Waals surface area contributed by atoms with Crippen LogP contribution in [0.2, 0.25) is 0 Å². The molecule has 2 amide bonds. The highest BCUT2D eigenvalue weighted by Gasteiger charge is 2.31. The van der Waals surface area contributed by atoms with E-state index in [-0.39, 0.29) is 34.7 Å². The van der Waals surface area contributed by atoms with Gasteiger partial charge in [0.15, 0.2) is 12.1 Å². The molecule has 5 rings (SSSR count). The lowest BCUT2D eigenvalue weighted by Crippen LogP contribution is -2.42. The van der Waals surface area contributed by atoms with Crippen LogP contribution in [-0.2, 0) is 19.5 Å². The summed E-state index contributed by atoms with van der Waals surface area (Å²) >= 11 is 0. The number of nitrogens with zero attached hydrogens (tertiary/aromatic N) is 3. The maximum Gasteiger partial charge on any atom is 0.276 e. The van der Waals surface area contributed by atoms with Gasteiger partial charge in [0.05, 0.1) is 6.54 Å². The molecule has 2 aromatic heterocycles. The Labute approximate surface area is 178 Å². The molecule has 3 aromatic rings. The number of hydrogen-bond donors (Lipinski definition) is 1. The standard InChI is InChI=1S/C23H22N4O4/c28-21(25-17-6-7-17)20-18-8-9-26(22(29)19-13-31-14-24-19)11-16(18)12-27(23(20)30)10-15-4-2-1-3-5-15/h1-5,12-14,17H,6-11H2,(H,25,28). The Morgan fingerprint density at radius 2 is 2.00 bits per heavy atom. The first-order valence-corrected chi connectivity index (χ1v) is 10.4. The Kier molecular flexibility index (Phi) is 4.89. The van der Waals surface area contributed by atoms with Crippen LogP contribution in [0, 0.1) is 0 Å². The molecule has 158 valence electrons. The number of carbonyl (C=O) groups is 2. The topological polar surface area (TPSA) is 97.4 Å². The van der Waals surface area contributed by atoms with Crippen LogP contribution in [0.3, 0.4) is 0 Å². The monoisotopic (exact) mass is 418 g/mol. The van der Waals surface area contributed by atoms with E-state index in [1.165, 1.54) is 12.7 Å². The molecule has 1 fully saturated rings. The maximum absolute atomic E-state index is 13.3. The fourth-order valence-electron chi connectivity index (χ4n) is 3.98. The number of benzene rings is 1. The van der Waals surface area contributed by atoms with Crippen LogP contribution in [0.4, 0.5) is 0 Å². The summed E-state index contributed by atoms with van der Waals surface area (Å²) in [4.78, 5) is 44.6. The summed E-state index contributed by atoms with van der Waals surface area (Å²) in [5.74, 6) is -0.549. The van der Waals surface area contributed by atoms with Gasteiger partial charge in [-0.3, -0.25) is 14.4 Å². The SMILES string of the molecule is O=C(NC1CC1)c1c2c(cn(Cc3ccccc3)c1=O)CN(C(=O)c1cocn1)CC2. The lowest BCUT2D eigenvalue weighted by molar-refractivity contribution is 0.0728. The molecule has 1 aromatic carbocycles. The molecule has 8 nitrogen and oxygen atoms in total. The molecule has 0 bridgehead atoms. The normalized spacial score (nSPS) is 15.4. The average Bonchev–Trinajstić information content (AvgIpc) is 3.42. The van der Waals surface area contributed by atoms with Gasteiger partial charge in [0, 0.05) is 25.3 Å². The van der Waals surface area contributed by atoms with E-state index in [1.807, 2.05) is 30.3 Å². The van der Waals surface area contributed by atoms with Crippen LogP contribution < -0.4 is 10.9 Å². The highest BCUT2D eigenvalue weighted by Crippen LogP contribution is 2.24. The molecule has 0 spiro atoms. The van der Waals surface area contributed by atoms with Gasteiger partial charge in [0.25, 0.3) is 17.4 Å². The zero-order valence-electron chi connectivity index (χ0n) is 16.9. The molecule has 0 atom stereocenters. The summed E-state index contributed by atoms with van der Waals surface area (Å²) in [6, 6.07) is 9.78. The van der Waals surface area contributed by atoms with Crippen LogP contribution >= 0.6 is 0 Å². The Morgan fingerprint density at radius 3 is 2.71 bits per heavy atom. The highest BCUT2D eigenvalue weighted by molar-refractivity contribution is 5.96. The van der Waals surface area contributed by atoms with E-state index in [0.717, 1.165) is 29.5 Å². The molecule has 1 N–H and O–H groups in total. The number of rotatable bonds is 5. The fraction of sp³-hybridized carbons (Fsp3) is 0.304. The molecule has 2 aliphatic rings. The molecule has 1 aliphatic carbocycles. The van der Waals surface area contributed by atoms with Crippen molar-refractivity contribution in [3.63, 3.8) is 0 Å². The molecular weight excluding hydrogens is 396 g/mol. The van der Waals surface area contributed by atoms with E-state index in [2.05, 4.69) is 10.3 Å². The lowest BCUT2D eigenvalue weighted by atomic mass is 9.95. The van der Waals surface area contributed by atoms with E-state index in [0.29, 0.717) is 26.1 Å². The molecule has 1 saturated carbocycles. The maximum atomic E-state index is 13.3. The second kappa shape index (κ2) is 7.86. The molecule has 1 aliphatic heterocycles. The second-order valence-electron chi connectivity index (χ2n) is 8.02. The van der Waals surface area contributed by atoms with Gasteiger partial charge in [-0.05, 0) is 36.0 Å². The van der Waals surface area contributed by atoms with Gasteiger partial charge in [0.2, 0.25) is 0 Å². The molecule has 0 radical (unpaired) electrons. The van der Waals surface area contributed by atoms with Crippen molar-refractivity contribution in [3.8, 4) is 0 Å². The van der Waals surface area contributed by atoms with Crippen LogP contribution in [0.1, 0.15) is 50.4 Å². The van der Waals surface area contributed by atoms with Crippen molar-refractivity contribution in [1.29, 1.82) is 0 Å². The Morgan fingerprint density at radius 1 is 1.19 bits per heavy atom. The first-order chi connectivity index (χ1) is 15.1. The minimum absolute atomic E-state index is 0.152. The predicted molar refractivity (Wildman–Crippen MR) is 112 cm³/mol. The zero-order valence-corrected chi connectivity index (χ0v) is 16.9.